The number of furan rings is 1. The monoisotopic (exact) mass is 650 g/mol. The molecule has 2 aliphatic carbocycles. The maximum Gasteiger partial charge on any atom is 0.143 e. The van der Waals surface area contributed by atoms with Crippen LogP contribution in [-0.2, 0) is 0 Å². The first-order valence-electron chi connectivity index (χ1n) is 28.9. The smallest absolute Gasteiger partial charge is 0.143 e. The van der Waals surface area contributed by atoms with Crippen LogP contribution in [0.2, 0.25) is 0 Å². The summed E-state index contributed by atoms with van der Waals surface area (Å²) < 4.78 is 262. The van der Waals surface area contributed by atoms with Crippen LogP contribution in [0.4, 0.5) is 0 Å². The van der Waals surface area contributed by atoms with Gasteiger partial charge < -0.3 is 4.42 Å². The van der Waals surface area contributed by atoms with E-state index in [0.29, 0.717) is 0 Å². The van der Waals surface area contributed by atoms with Crippen LogP contribution in [0.5, 0.6) is 0 Å². The Morgan fingerprint density at radius 1 is 0.510 bits per heavy atom. The summed E-state index contributed by atoms with van der Waals surface area (Å²) in [6.07, 6.45) is 0. The third-order valence-corrected chi connectivity index (χ3v) is 8.85. The third-order valence-electron chi connectivity index (χ3n) is 8.85. The molecule has 2 atom stereocenters. The molecule has 2 unspecified atom stereocenters. The summed E-state index contributed by atoms with van der Waals surface area (Å²) in [7, 11) is 0. The number of hydrogen-bond donors (Lipinski definition) is 0. The van der Waals surface area contributed by atoms with Crippen LogP contribution in [0.25, 0.3) is 77.0 Å². The molecule has 0 fully saturated rings. The lowest BCUT2D eigenvalue weighted by Crippen LogP contribution is -2.20. The molecule has 0 radical (unpaired) electrons. The Bertz CT molecular complexity index is 4410. The van der Waals surface area contributed by atoms with Gasteiger partial charge in [0.1, 0.15) is 11.2 Å². The van der Waals surface area contributed by atoms with E-state index in [1.807, 2.05) is 0 Å². The van der Waals surface area contributed by atoms with Gasteiger partial charge in [-0.15, -0.1) is 0 Å². The summed E-state index contributed by atoms with van der Waals surface area (Å²) in [5, 5.41) is -4.80. The van der Waals surface area contributed by atoms with Gasteiger partial charge in [0.2, 0.25) is 0 Å². The first-order valence-corrected chi connectivity index (χ1v) is 14.9. The van der Waals surface area contributed by atoms with E-state index in [0.717, 1.165) is 0 Å². The van der Waals surface area contributed by atoms with Crippen LogP contribution in [-0.4, -0.2) is 0 Å². The molecule has 0 N–H and O–H groups in total. The molecule has 0 bridgehead atoms. The van der Waals surface area contributed by atoms with Crippen molar-refractivity contribution in [3.05, 3.63) is 191 Å². The van der Waals surface area contributed by atoms with Crippen LogP contribution in [0.1, 0.15) is 72.1 Å². The lowest BCUT2D eigenvalue weighted by atomic mass is 9.68. The molecule has 1 heterocycles. The number of rotatable bonds is 2. The quantitative estimate of drug-likeness (QED) is 0.170. The van der Waals surface area contributed by atoms with Gasteiger partial charge in [0.05, 0.1) is 38.4 Å². The van der Waals surface area contributed by atoms with Crippen LogP contribution in [0, 0.1) is 5.92 Å². The van der Waals surface area contributed by atoms with Crippen molar-refractivity contribution < 1.29 is 42.8 Å². The van der Waals surface area contributed by atoms with E-state index in [-0.39, 0.29) is 0 Å². The number of benzene rings is 8. The molecule has 0 aliphatic heterocycles. The largest absolute Gasteiger partial charge is 0.455 e. The Morgan fingerprint density at radius 3 is 1.96 bits per heavy atom. The normalized spacial score (nSPS) is 25.2. The fraction of sp³-hybridized carbons (Fsp3) is 0.0417. The Balaban J connectivity index is 1.42. The standard InChI is InChI=1S/C48H30O/c1-3-13-33-29(11-1)21-22-31-28-43(35-15-5-6-16-36(35)45(31)33)47-39-19-9-7-17-37(39)46(38-18-8-10-20-40(38)47)32-24-26-44-42(27-32)41-25-23-30-12-2-4-14-34(30)48(41)49-44/h1-28,31,45H/i1D,2D,3D,4D,5D,6D,7D,8D,9D,10D,11D,12D,13D,14D,15D,16D,17D,18D,19D,20D,21D,22D,23D,24D,25D,26D,27D,28D. The van der Waals surface area contributed by atoms with Crippen molar-refractivity contribution in [1.29, 1.82) is 0 Å². The first-order chi connectivity index (χ1) is 36.0. The molecular weight excluding hydrogens is 593 g/mol. The van der Waals surface area contributed by atoms with Crippen molar-refractivity contribution in [1.82, 2.24) is 0 Å². The van der Waals surface area contributed by atoms with E-state index >= 15 is 0 Å². The average Bonchev–Trinajstić information content (AvgIpc) is 3.89. The molecule has 1 aromatic heterocycles. The van der Waals surface area contributed by atoms with Crippen molar-refractivity contribution >= 4 is 65.9 Å². The Kier molecular flexibility index (Phi) is 2.38. The van der Waals surface area contributed by atoms with E-state index in [1.54, 1.807) is 0 Å². The average molecular weight is 651 g/mol. The van der Waals surface area contributed by atoms with Gasteiger partial charge in [-0.1, -0.05) is 151 Å². The number of allylic oxidation sites excluding steroid dienone is 2. The van der Waals surface area contributed by atoms with E-state index in [4.69, 9.17) is 27.7 Å². The molecule has 11 rings (SSSR count). The van der Waals surface area contributed by atoms with E-state index in [1.165, 1.54) is 0 Å². The highest BCUT2D eigenvalue weighted by atomic mass is 16.3. The van der Waals surface area contributed by atoms with Gasteiger partial charge in [-0.05, 0) is 89.6 Å². The van der Waals surface area contributed by atoms with Gasteiger partial charge >= 0.3 is 0 Å². The minimum absolute atomic E-state index is 0.410. The van der Waals surface area contributed by atoms with Gasteiger partial charge in [-0.25, -0.2) is 0 Å². The Morgan fingerprint density at radius 2 is 1.16 bits per heavy atom. The first kappa shape index (κ1) is 11.5. The lowest BCUT2D eigenvalue weighted by Gasteiger charge is -2.35. The van der Waals surface area contributed by atoms with Crippen LogP contribution in [0.3, 0.4) is 0 Å². The van der Waals surface area contributed by atoms with E-state index in [2.05, 4.69) is 0 Å². The highest BCUT2D eigenvalue weighted by Crippen LogP contribution is 2.51. The fourth-order valence-electron chi connectivity index (χ4n) is 6.82. The van der Waals surface area contributed by atoms with Gasteiger partial charge in [0, 0.05) is 28.0 Å². The lowest BCUT2D eigenvalue weighted by molar-refractivity contribution is 0.668. The molecule has 1 nitrogen and oxygen atoms in total. The summed E-state index contributed by atoms with van der Waals surface area (Å²) in [6.45, 7) is 0. The molecule has 2 aliphatic rings. The molecule has 0 amide bonds. The molecule has 1 heteroatoms. The summed E-state index contributed by atoms with van der Waals surface area (Å²) in [6, 6.07) is -24.5. The molecule has 0 saturated heterocycles. The molecule has 8 aromatic carbocycles. The zero-order valence-electron chi connectivity index (χ0n) is 52.6. The second kappa shape index (κ2) is 10.2. The maximum absolute atomic E-state index is 10.1. The van der Waals surface area contributed by atoms with Gasteiger partial charge in [0.25, 0.3) is 0 Å². The number of hydrogen-bond acceptors (Lipinski definition) is 1. The van der Waals surface area contributed by atoms with E-state index in [9.17, 15) is 15.1 Å². The maximum atomic E-state index is 10.1. The minimum atomic E-state index is -1.89. The second-order valence-electron chi connectivity index (χ2n) is 11.3. The van der Waals surface area contributed by atoms with E-state index < -0.39 is 280 Å². The number of fused-ring (bicyclic) bond motifs is 12. The van der Waals surface area contributed by atoms with Crippen molar-refractivity contribution in [2.75, 3.05) is 0 Å². The molecule has 0 spiro atoms. The van der Waals surface area contributed by atoms with Crippen LogP contribution >= 0.6 is 0 Å². The predicted octanol–water partition coefficient (Wildman–Crippen LogP) is 12.9. The topological polar surface area (TPSA) is 13.1 Å². The molecule has 0 saturated carbocycles. The van der Waals surface area contributed by atoms with Gasteiger partial charge in [-0.2, -0.15) is 0 Å². The minimum Gasteiger partial charge on any atom is -0.455 e. The summed E-state index contributed by atoms with van der Waals surface area (Å²) in [4.78, 5) is 0. The summed E-state index contributed by atoms with van der Waals surface area (Å²) in [5.41, 5.74) is -6.07. The van der Waals surface area contributed by atoms with Crippen molar-refractivity contribution in [3.8, 4) is 11.1 Å². The summed E-state index contributed by atoms with van der Waals surface area (Å²) >= 11 is 0. The molecule has 228 valence electrons. The predicted molar refractivity (Wildman–Crippen MR) is 206 cm³/mol. The van der Waals surface area contributed by atoms with Crippen molar-refractivity contribution in [3.63, 3.8) is 0 Å². The zero-order valence-corrected chi connectivity index (χ0v) is 24.6. The Labute approximate surface area is 323 Å². The van der Waals surface area contributed by atoms with Crippen LogP contribution in [0.15, 0.2) is 168 Å². The molecule has 49 heavy (non-hydrogen) atoms. The van der Waals surface area contributed by atoms with Crippen LogP contribution < -0.4 is 0 Å². The zero-order chi connectivity index (χ0) is 56.4. The second-order valence-corrected chi connectivity index (χ2v) is 11.3. The van der Waals surface area contributed by atoms with Crippen molar-refractivity contribution in [2.24, 2.45) is 5.92 Å². The van der Waals surface area contributed by atoms with Gasteiger partial charge in [-0.3, -0.25) is 0 Å². The SMILES string of the molecule is [2H]C1=C([2H])C2C([2H])=C(c3c4c([2H])c([2H])c([2H])c([2H])c4c(-c4c([2H])c([2H])c5oc6c7c([2H])c([2H])c([2H])c([2H])c7c([2H])c([2H])c6c5c4[2H])c4c([2H])c([2H])c([2H])c([2H])c34)c3c([2H])c([2H])c([2H])c([2H])c3C2c2c([2H])c([2H])c([2H])c([2H])c21. The highest BCUT2D eigenvalue weighted by molar-refractivity contribution is 6.22. The highest BCUT2D eigenvalue weighted by Gasteiger charge is 2.34. The summed E-state index contributed by atoms with van der Waals surface area (Å²) in [5.74, 6) is -3.63. The fourth-order valence-corrected chi connectivity index (χ4v) is 6.82. The van der Waals surface area contributed by atoms with Gasteiger partial charge in [0.15, 0.2) is 0 Å². The Hall–Kier alpha value is -6.18. The molecular formula is C48H30O. The third kappa shape index (κ3) is 3.82. The molecule has 9 aromatic rings. The van der Waals surface area contributed by atoms with Crippen molar-refractivity contribution in [2.45, 2.75) is 5.92 Å².